The van der Waals surface area contributed by atoms with Crippen LogP contribution in [0.2, 0.25) is 0 Å². The number of rotatable bonds is 1. The maximum Gasteiger partial charge on any atom is 0.169 e. The topological polar surface area (TPSA) is 26.3 Å². The van der Waals surface area contributed by atoms with Gasteiger partial charge in [0.1, 0.15) is 5.75 Å². The molecule has 1 aliphatic rings. The van der Waals surface area contributed by atoms with Gasteiger partial charge in [-0.05, 0) is 40.0 Å². The minimum Gasteiger partial charge on any atom is -0.496 e. The number of methoxy groups -OCH3 is 1. The zero-order valence-corrected chi connectivity index (χ0v) is 10.6. The minimum atomic E-state index is -0.270. The molecule has 0 N–H and O–H groups in total. The first-order chi connectivity index (χ1) is 6.95. The quantitative estimate of drug-likeness (QED) is 0.782. The van der Waals surface area contributed by atoms with Crippen LogP contribution in [0.3, 0.4) is 0 Å². The lowest BCUT2D eigenvalue weighted by molar-refractivity contribution is 0.0863. The highest BCUT2D eigenvalue weighted by molar-refractivity contribution is 9.10. The molecule has 0 bridgehead atoms. The molecule has 0 amide bonds. The Bertz CT molecular complexity index is 435. The van der Waals surface area contributed by atoms with Gasteiger partial charge in [-0.25, -0.2) is 0 Å². The van der Waals surface area contributed by atoms with E-state index in [1.54, 1.807) is 7.11 Å². The maximum atomic E-state index is 12.0. The highest BCUT2D eigenvalue weighted by Crippen LogP contribution is 2.40. The fourth-order valence-corrected chi connectivity index (χ4v) is 2.58. The van der Waals surface area contributed by atoms with Crippen LogP contribution in [0.15, 0.2) is 16.6 Å². The molecule has 1 aromatic carbocycles. The number of fused-ring (bicyclic) bond motifs is 1. The number of carbonyl (C=O) groups excluding carboxylic acids is 1. The second-order valence-electron chi connectivity index (χ2n) is 4.53. The van der Waals surface area contributed by atoms with Crippen molar-refractivity contribution in [3.05, 3.63) is 27.7 Å². The van der Waals surface area contributed by atoms with Gasteiger partial charge in [-0.2, -0.15) is 0 Å². The summed E-state index contributed by atoms with van der Waals surface area (Å²) in [6.07, 6.45) is 0.809. The molecule has 0 spiro atoms. The molecule has 0 saturated carbocycles. The second-order valence-corrected chi connectivity index (χ2v) is 5.39. The minimum absolute atomic E-state index is 0.211. The third-order valence-electron chi connectivity index (χ3n) is 2.87. The molecule has 0 radical (unpaired) electrons. The summed E-state index contributed by atoms with van der Waals surface area (Å²) in [4.78, 5) is 12.0. The number of ether oxygens (including phenoxy) is 1. The van der Waals surface area contributed by atoms with Crippen molar-refractivity contribution < 1.29 is 9.53 Å². The lowest BCUT2D eigenvalue weighted by Crippen LogP contribution is -2.18. The van der Waals surface area contributed by atoms with Crippen molar-refractivity contribution in [2.75, 3.05) is 7.11 Å². The monoisotopic (exact) mass is 268 g/mol. The van der Waals surface area contributed by atoms with Crippen LogP contribution in [0, 0.1) is 5.41 Å². The lowest BCUT2D eigenvalue weighted by atomic mass is 9.89. The summed E-state index contributed by atoms with van der Waals surface area (Å²) < 4.78 is 6.10. The van der Waals surface area contributed by atoms with E-state index in [-0.39, 0.29) is 11.2 Å². The van der Waals surface area contributed by atoms with Crippen molar-refractivity contribution >= 4 is 21.7 Å². The van der Waals surface area contributed by atoms with Crippen LogP contribution in [0.25, 0.3) is 0 Å². The fraction of sp³-hybridized carbons (Fsp3) is 0.417. The van der Waals surface area contributed by atoms with Crippen LogP contribution >= 0.6 is 15.9 Å². The number of benzene rings is 1. The second kappa shape index (κ2) is 3.34. The van der Waals surface area contributed by atoms with Gasteiger partial charge in [-0.1, -0.05) is 13.8 Å². The van der Waals surface area contributed by atoms with E-state index in [4.69, 9.17) is 4.74 Å². The van der Waals surface area contributed by atoms with E-state index < -0.39 is 0 Å². The predicted molar refractivity (Wildman–Crippen MR) is 62.5 cm³/mol. The molecule has 1 aromatic rings. The van der Waals surface area contributed by atoms with Crippen molar-refractivity contribution in [1.29, 1.82) is 0 Å². The molecule has 0 aliphatic heterocycles. The highest BCUT2D eigenvalue weighted by Gasteiger charge is 2.37. The van der Waals surface area contributed by atoms with Crippen LogP contribution in [-0.4, -0.2) is 12.9 Å². The van der Waals surface area contributed by atoms with Gasteiger partial charge in [0, 0.05) is 11.0 Å². The van der Waals surface area contributed by atoms with Crippen LogP contribution in [0.5, 0.6) is 5.75 Å². The predicted octanol–water partition coefficient (Wildman–Crippen LogP) is 3.22. The van der Waals surface area contributed by atoms with Crippen LogP contribution in [-0.2, 0) is 6.42 Å². The summed E-state index contributed by atoms with van der Waals surface area (Å²) in [7, 11) is 1.61. The van der Waals surface area contributed by atoms with Gasteiger partial charge >= 0.3 is 0 Å². The maximum absolute atomic E-state index is 12.0. The summed E-state index contributed by atoms with van der Waals surface area (Å²) in [5, 5.41) is 0. The average molecular weight is 269 g/mol. The average Bonchev–Trinajstić information content (AvgIpc) is 2.36. The first-order valence-electron chi connectivity index (χ1n) is 4.87. The van der Waals surface area contributed by atoms with Gasteiger partial charge in [0.25, 0.3) is 0 Å². The molecule has 0 unspecified atom stereocenters. The van der Waals surface area contributed by atoms with Gasteiger partial charge in [-0.15, -0.1) is 0 Å². The summed E-state index contributed by atoms with van der Waals surface area (Å²) >= 11 is 3.43. The smallest absolute Gasteiger partial charge is 0.169 e. The molecule has 15 heavy (non-hydrogen) atoms. The summed E-state index contributed by atoms with van der Waals surface area (Å²) in [6.45, 7) is 3.96. The van der Waals surface area contributed by atoms with Crippen molar-refractivity contribution in [3.8, 4) is 5.75 Å². The largest absolute Gasteiger partial charge is 0.496 e. The zero-order chi connectivity index (χ0) is 11.2. The number of halogens is 1. The Balaban J connectivity index is 2.57. The standard InChI is InChI=1S/C12H13BrO2/c1-12(2)6-7-4-9(13)10(15-3)5-8(7)11(12)14/h4-5H,6H2,1-3H3. The van der Waals surface area contributed by atoms with E-state index in [0.717, 1.165) is 27.8 Å². The Morgan fingerprint density at radius 2 is 2.07 bits per heavy atom. The Kier molecular flexibility index (Phi) is 2.38. The van der Waals surface area contributed by atoms with E-state index in [1.165, 1.54) is 0 Å². The number of hydrogen-bond donors (Lipinski definition) is 0. The van der Waals surface area contributed by atoms with E-state index in [2.05, 4.69) is 15.9 Å². The number of hydrogen-bond acceptors (Lipinski definition) is 2. The van der Waals surface area contributed by atoms with Gasteiger partial charge in [-0.3, -0.25) is 4.79 Å². The fourth-order valence-electron chi connectivity index (χ4n) is 2.03. The Hall–Kier alpha value is -0.830. The van der Waals surface area contributed by atoms with Crippen LogP contribution in [0.1, 0.15) is 29.8 Å². The molecule has 80 valence electrons. The number of carbonyl (C=O) groups is 1. The molecular formula is C12H13BrO2. The van der Waals surface area contributed by atoms with E-state index in [0.29, 0.717) is 0 Å². The van der Waals surface area contributed by atoms with Gasteiger partial charge in [0.2, 0.25) is 0 Å². The molecule has 0 atom stereocenters. The van der Waals surface area contributed by atoms with Gasteiger partial charge in [0.05, 0.1) is 11.6 Å². The van der Waals surface area contributed by atoms with Gasteiger partial charge in [0.15, 0.2) is 5.78 Å². The Labute approximate surface area is 97.8 Å². The summed E-state index contributed by atoms with van der Waals surface area (Å²) in [6, 6.07) is 3.82. The van der Waals surface area contributed by atoms with Crippen LogP contribution < -0.4 is 4.74 Å². The van der Waals surface area contributed by atoms with Gasteiger partial charge < -0.3 is 4.74 Å². The first kappa shape index (κ1) is 10.7. The van der Waals surface area contributed by atoms with Crippen LogP contribution in [0.4, 0.5) is 0 Å². The summed E-state index contributed by atoms with van der Waals surface area (Å²) in [5.74, 6) is 0.933. The molecule has 3 heteroatoms. The third kappa shape index (κ3) is 1.59. The molecule has 0 saturated heterocycles. The SMILES string of the molecule is COc1cc2c(cc1Br)CC(C)(C)C2=O. The van der Waals surface area contributed by atoms with Crippen molar-refractivity contribution in [2.45, 2.75) is 20.3 Å². The zero-order valence-electron chi connectivity index (χ0n) is 9.06. The van der Waals surface area contributed by atoms with E-state index >= 15 is 0 Å². The highest BCUT2D eigenvalue weighted by atomic mass is 79.9. The number of ketones is 1. The van der Waals surface area contributed by atoms with Crippen molar-refractivity contribution in [1.82, 2.24) is 0 Å². The van der Waals surface area contributed by atoms with Crippen molar-refractivity contribution in [3.63, 3.8) is 0 Å². The first-order valence-corrected chi connectivity index (χ1v) is 5.66. The molecular weight excluding hydrogens is 256 g/mol. The Morgan fingerprint density at radius 3 is 2.67 bits per heavy atom. The normalized spacial score (nSPS) is 17.7. The Morgan fingerprint density at radius 1 is 1.40 bits per heavy atom. The molecule has 0 aromatic heterocycles. The molecule has 0 heterocycles. The molecule has 1 aliphatic carbocycles. The molecule has 2 rings (SSSR count). The van der Waals surface area contributed by atoms with E-state index in [9.17, 15) is 4.79 Å². The number of Topliss-reactive ketones (excluding diaryl/α,β-unsaturated/α-hetero) is 1. The molecule has 0 fully saturated rings. The van der Waals surface area contributed by atoms with E-state index in [1.807, 2.05) is 26.0 Å². The van der Waals surface area contributed by atoms with Crippen molar-refractivity contribution in [2.24, 2.45) is 5.41 Å². The summed E-state index contributed by atoms with van der Waals surface area (Å²) in [5.41, 5.74) is 1.64. The third-order valence-corrected chi connectivity index (χ3v) is 3.49. The molecule has 2 nitrogen and oxygen atoms in total. The lowest BCUT2D eigenvalue weighted by Gasteiger charge is -2.12.